The summed E-state index contributed by atoms with van der Waals surface area (Å²) >= 11 is 0. The van der Waals surface area contributed by atoms with Crippen molar-refractivity contribution in [3.05, 3.63) is 22.8 Å². The summed E-state index contributed by atoms with van der Waals surface area (Å²) in [6.45, 7) is 9.65. The molecule has 1 aliphatic carbocycles. The molecule has 1 aliphatic rings. The highest BCUT2D eigenvalue weighted by molar-refractivity contribution is 5.25. The Bertz CT molecular complexity index is 448. The van der Waals surface area contributed by atoms with Gasteiger partial charge >= 0.3 is 0 Å². The zero-order chi connectivity index (χ0) is 15.4. The fraction of sp³-hybridized carbons (Fsp3) is 0.765. The Balaban J connectivity index is 1.98. The second kappa shape index (κ2) is 7.32. The Morgan fingerprint density at radius 3 is 2.29 bits per heavy atom. The number of nitrogens with one attached hydrogen (secondary N) is 1. The molecule has 2 rings (SSSR count). The molecule has 4 nitrogen and oxygen atoms in total. The number of aryl methyl sites for hydroxylation is 2. The molecule has 4 heteroatoms. The van der Waals surface area contributed by atoms with E-state index in [2.05, 4.69) is 36.1 Å². The number of rotatable bonds is 8. The van der Waals surface area contributed by atoms with E-state index in [0.29, 0.717) is 5.92 Å². The fourth-order valence-electron chi connectivity index (χ4n) is 2.61. The van der Waals surface area contributed by atoms with Crippen LogP contribution in [0.4, 0.5) is 0 Å². The maximum Gasteiger partial charge on any atom is 0.131 e. The van der Waals surface area contributed by atoms with Crippen LogP contribution in [-0.4, -0.2) is 35.8 Å². The van der Waals surface area contributed by atoms with Crippen molar-refractivity contribution in [2.45, 2.75) is 65.5 Å². The summed E-state index contributed by atoms with van der Waals surface area (Å²) in [5.74, 6) is 1.52. The lowest BCUT2D eigenvalue weighted by Gasteiger charge is -2.17. The van der Waals surface area contributed by atoms with Crippen LogP contribution in [0.2, 0.25) is 0 Å². The first-order chi connectivity index (χ1) is 9.99. The van der Waals surface area contributed by atoms with Crippen LogP contribution in [0.5, 0.6) is 0 Å². The first kappa shape index (κ1) is 16.4. The smallest absolute Gasteiger partial charge is 0.131 e. The first-order valence-electron chi connectivity index (χ1n) is 8.08. The summed E-state index contributed by atoms with van der Waals surface area (Å²) in [5.41, 5.74) is 3.56. The zero-order valence-electron chi connectivity index (χ0n) is 14.1. The zero-order valence-corrected chi connectivity index (χ0v) is 14.1. The summed E-state index contributed by atoms with van der Waals surface area (Å²) in [6.07, 6.45) is 4.69. The molecule has 0 radical (unpaired) electrons. The molecule has 0 spiro atoms. The molecule has 0 bridgehead atoms. The molecule has 118 valence electrons. The van der Waals surface area contributed by atoms with Gasteiger partial charge in [-0.3, -0.25) is 0 Å². The first-order valence-corrected chi connectivity index (χ1v) is 8.08. The van der Waals surface area contributed by atoms with Crippen LogP contribution in [0.1, 0.15) is 49.5 Å². The topological polar surface area (TPSA) is 47.0 Å². The van der Waals surface area contributed by atoms with E-state index >= 15 is 0 Å². The van der Waals surface area contributed by atoms with Gasteiger partial charge in [0.1, 0.15) is 5.82 Å². The second-order valence-corrected chi connectivity index (χ2v) is 6.53. The molecule has 1 aromatic heterocycles. The van der Waals surface area contributed by atoms with Gasteiger partial charge in [-0.2, -0.15) is 0 Å². The monoisotopic (exact) mass is 291 g/mol. The number of methoxy groups -OCH3 is 1. The normalized spacial score (nSPS) is 17.8. The minimum Gasteiger partial charge on any atom is -0.381 e. The van der Waals surface area contributed by atoms with Crippen molar-refractivity contribution in [3.63, 3.8) is 0 Å². The van der Waals surface area contributed by atoms with E-state index in [1.54, 1.807) is 7.11 Å². The van der Waals surface area contributed by atoms with E-state index in [0.717, 1.165) is 42.6 Å². The van der Waals surface area contributed by atoms with Crippen molar-refractivity contribution in [1.29, 1.82) is 0 Å². The summed E-state index contributed by atoms with van der Waals surface area (Å²) in [6, 6.07) is 0.781. The van der Waals surface area contributed by atoms with Gasteiger partial charge in [-0.25, -0.2) is 9.97 Å². The highest BCUT2D eigenvalue weighted by Gasteiger charge is 2.21. The lowest BCUT2D eigenvalue weighted by molar-refractivity contribution is 0.117. The Morgan fingerprint density at radius 2 is 1.76 bits per heavy atom. The van der Waals surface area contributed by atoms with E-state index in [1.807, 2.05) is 6.92 Å². The molecular formula is C17H29N3O. The third-order valence-electron chi connectivity index (χ3n) is 4.22. The highest BCUT2D eigenvalue weighted by Crippen LogP contribution is 2.20. The number of hydrogen-bond acceptors (Lipinski definition) is 4. The number of ether oxygens (including phenoxy) is 1. The molecular weight excluding hydrogens is 262 g/mol. The van der Waals surface area contributed by atoms with E-state index in [-0.39, 0.29) is 6.10 Å². The molecule has 1 saturated carbocycles. The molecule has 21 heavy (non-hydrogen) atoms. The van der Waals surface area contributed by atoms with Crippen LogP contribution in [0.15, 0.2) is 0 Å². The molecule has 2 unspecified atom stereocenters. The summed E-state index contributed by atoms with van der Waals surface area (Å²) in [5, 5.41) is 3.60. The molecule has 1 aromatic rings. The SMILES string of the molecule is COC(C)Cc1nc(C)c(CC(C)CNC2CC2)c(C)n1. The molecule has 1 N–H and O–H groups in total. The average molecular weight is 291 g/mol. The van der Waals surface area contributed by atoms with E-state index < -0.39 is 0 Å². The Kier molecular flexibility index (Phi) is 5.71. The largest absolute Gasteiger partial charge is 0.381 e. The fourth-order valence-corrected chi connectivity index (χ4v) is 2.61. The third kappa shape index (κ3) is 5.04. The van der Waals surface area contributed by atoms with Gasteiger partial charge in [0.15, 0.2) is 0 Å². The number of hydrogen-bond donors (Lipinski definition) is 1. The standard InChI is InChI=1S/C17H29N3O/c1-11(10-18-15-6-7-15)8-16-13(3)19-17(20-14(16)4)9-12(2)21-5/h11-12,15,18H,6-10H2,1-5H3. The van der Waals surface area contributed by atoms with Gasteiger partial charge in [-0.1, -0.05) is 6.92 Å². The van der Waals surface area contributed by atoms with Gasteiger partial charge in [0.2, 0.25) is 0 Å². The van der Waals surface area contributed by atoms with Gasteiger partial charge in [0.05, 0.1) is 6.10 Å². The molecule has 0 amide bonds. The maximum atomic E-state index is 5.30. The van der Waals surface area contributed by atoms with Gasteiger partial charge < -0.3 is 10.1 Å². The van der Waals surface area contributed by atoms with Crippen LogP contribution in [0, 0.1) is 19.8 Å². The lowest BCUT2D eigenvalue weighted by Crippen LogP contribution is -2.25. The van der Waals surface area contributed by atoms with Crippen LogP contribution in [0.25, 0.3) is 0 Å². The van der Waals surface area contributed by atoms with Crippen LogP contribution < -0.4 is 5.32 Å². The van der Waals surface area contributed by atoms with Crippen molar-refractivity contribution in [2.75, 3.05) is 13.7 Å². The van der Waals surface area contributed by atoms with Gasteiger partial charge in [-0.05, 0) is 58.1 Å². The average Bonchev–Trinajstić information content (AvgIpc) is 3.24. The highest BCUT2D eigenvalue weighted by atomic mass is 16.5. The summed E-state index contributed by atoms with van der Waals surface area (Å²) in [4.78, 5) is 9.34. The van der Waals surface area contributed by atoms with Crippen molar-refractivity contribution >= 4 is 0 Å². The third-order valence-corrected chi connectivity index (χ3v) is 4.22. The lowest BCUT2D eigenvalue weighted by atomic mass is 9.98. The Labute approximate surface area is 128 Å². The van der Waals surface area contributed by atoms with E-state index in [9.17, 15) is 0 Å². The molecule has 0 aliphatic heterocycles. The number of aromatic nitrogens is 2. The van der Waals surface area contributed by atoms with Crippen LogP contribution in [-0.2, 0) is 17.6 Å². The predicted octanol–water partition coefficient (Wildman–Crippen LogP) is 2.60. The second-order valence-electron chi connectivity index (χ2n) is 6.53. The Morgan fingerprint density at radius 1 is 1.14 bits per heavy atom. The van der Waals surface area contributed by atoms with Gasteiger partial charge in [0.25, 0.3) is 0 Å². The molecule has 0 aromatic carbocycles. The van der Waals surface area contributed by atoms with Gasteiger partial charge in [-0.15, -0.1) is 0 Å². The molecule has 0 saturated heterocycles. The number of nitrogens with zero attached hydrogens (tertiary/aromatic N) is 2. The van der Waals surface area contributed by atoms with Crippen LogP contribution in [0.3, 0.4) is 0 Å². The van der Waals surface area contributed by atoms with E-state index in [4.69, 9.17) is 4.74 Å². The summed E-state index contributed by atoms with van der Waals surface area (Å²) in [7, 11) is 1.73. The minimum absolute atomic E-state index is 0.163. The molecule has 2 atom stereocenters. The molecule has 1 fully saturated rings. The molecule has 1 heterocycles. The van der Waals surface area contributed by atoms with Crippen LogP contribution >= 0.6 is 0 Å². The predicted molar refractivity (Wildman–Crippen MR) is 85.6 cm³/mol. The summed E-state index contributed by atoms with van der Waals surface area (Å²) < 4.78 is 5.30. The van der Waals surface area contributed by atoms with Crippen molar-refractivity contribution in [1.82, 2.24) is 15.3 Å². The van der Waals surface area contributed by atoms with Gasteiger partial charge in [0, 0.05) is 31.0 Å². The minimum atomic E-state index is 0.163. The van der Waals surface area contributed by atoms with E-state index in [1.165, 1.54) is 18.4 Å². The quantitative estimate of drug-likeness (QED) is 0.800. The van der Waals surface area contributed by atoms with Crippen molar-refractivity contribution < 1.29 is 4.74 Å². The van der Waals surface area contributed by atoms with Crippen molar-refractivity contribution in [2.24, 2.45) is 5.92 Å². The Hall–Kier alpha value is -1.00. The maximum absolute atomic E-state index is 5.30. The van der Waals surface area contributed by atoms with Crippen molar-refractivity contribution in [3.8, 4) is 0 Å².